The molecule has 0 aliphatic rings. The highest BCUT2D eigenvalue weighted by Crippen LogP contribution is 2.27. The second kappa shape index (κ2) is 8.49. The Morgan fingerprint density at radius 2 is 1.96 bits per heavy atom. The van der Waals surface area contributed by atoms with E-state index in [4.69, 9.17) is 9.47 Å². The smallest absolute Gasteiger partial charge is 0.277 e. The van der Waals surface area contributed by atoms with Crippen molar-refractivity contribution in [3.05, 3.63) is 57.6 Å². The minimum atomic E-state index is -0.323. The molecule has 0 bridgehead atoms. The van der Waals surface area contributed by atoms with Gasteiger partial charge in [-0.2, -0.15) is 5.10 Å². The molecule has 0 heterocycles. The van der Waals surface area contributed by atoms with Gasteiger partial charge in [0.2, 0.25) is 0 Å². The molecule has 0 spiro atoms. The standard InChI is InChI=1S/C18H19BrN2O3/c1-12-7-15(19)8-13(2)18(12)24-11-17(22)21-20-10-14-5-4-6-16(9-14)23-3/h4-10H,11H2,1-3H3,(H,21,22)/b20-10+. The lowest BCUT2D eigenvalue weighted by atomic mass is 10.1. The number of nitrogens with zero attached hydrogens (tertiary/aromatic N) is 1. The van der Waals surface area contributed by atoms with Crippen LogP contribution in [0.5, 0.6) is 11.5 Å². The molecule has 0 aliphatic carbocycles. The number of hydrogen-bond acceptors (Lipinski definition) is 4. The SMILES string of the molecule is COc1cccc(/C=N/NC(=O)COc2c(C)cc(Br)cc2C)c1. The van der Waals surface area contributed by atoms with Gasteiger partial charge in [-0.25, -0.2) is 5.43 Å². The fourth-order valence-electron chi connectivity index (χ4n) is 2.20. The fourth-order valence-corrected chi connectivity index (χ4v) is 2.88. The van der Waals surface area contributed by atoms with Gasteiger partial charge < -0.3 is 9.47 Å². The number of benzene rings is 2. The monoisotopic (exact) mass is 390 g/mol. The summed E-state index contributed by atoms with van der Waals surface area (Å²) in [6.45, 7) is 3.77. The Morgan fingerprint density at radius 1 is 1.25 bits per heavy atom. The first kappa shape index (κ1) is 18.0. The van der Waals surface area contributed by atoms with Crippen LogP contribution >= 0.6 is 15.9 Å². The van der Waals surface area contributed by atoms with E-state index in [1.165, 1.54) is 0 Å². The number of amides is 1. The zero-order valence-electron chi connectivity index (χ0n) is 13.8. The van der Waals surface area contributed by atoms with Crippen molar-refractivity contribution in [1.29, 1.82) is 0 Å². The summed E-state index contributed by atoms with van der Waals surface area (Å²) in [6.07, 6.45) is 1.55. The highest BCUT2D eigenvalue weighted by molar-refractivity contribution is 9.10. The average molecular weight is 391 g/mol. The van der Waals surface area contributed by atoms with E-state index in [9.17, 15) is 4.79 Å². The zero-order valence-corrected chi connectivity index (χ0v) is 15.4. The third-order valence-corrected chi connectivity index (χ3v) is 3.73. The van der Waals surface area contributed by atoms with Crippen molar-refractivity contribution in [3.63, 3.8) is 0 Å². The summed E-state index contributed by atoms with van der Waals surface area (Å²) in [6, 6.07) is 11.3. The number of ether oxygens (including phenoxy) is 2. The Labute approximate surface area is 149 Å². The predicted molar refractivity (Wildman–Crippen MR) is 97.8 cm³/mol. The van der Waals surface area contributed by atoms with Crippen molar-refractivity contribution in [1.82, 2.24) is 5.43 Å². The molecule has 2 aromatic rings. The normalized spacial score (nSPS) is 10.7. The minimum Gasteiger partial charge on any atom is -0.497 e. The van der Waals surface area contributed by atoms with Gasteiger partial charge in [-0.1, -0.05) is 28.1 Å². The number of carbonyl (C=O) groups excluding carboxylic acids is 1. The lowest BCUT2D eigenvalue weighted by Gasteiger charge is -2.11. The Kier molecular flexibility index (Phi) is 6.37. The number of halogens is 1. The molecule has 1 N–H and O–H groups in total. The summed E-state index contributed by atoms with van der Waals surface area (Å²) in [7, 11) is 1.60. The molecule has 0 radical (unpaired) electrons. The first-order chi connectivity index (χ1) is 11.5. The summed E-state index contributed by atoms with van der Waals surface area (Å²) < 4.78 is 11.7. The molecule has 0 saturated carbocycles. The molecule has 0 fully saturated rings. The maximum absolute atomic E-state index is 11.8. The summed E-state index contributed by atoms with van der Waals surface area (Å²) >= 11 is 3.43. The van der Waals surface area contributed by atoms with E-state index < -0.39 is 0 Å². The Balaban J connectivity index is 1.89. The maximum Gasteiger partial charge on any atom is 0.277 e. The van der Waals surface area contributed by atoms with Crippen molar-refractivity contribution in [3.8, 4) is 11.5 Å². The largest absolute Gasteiger partial charge is 0.497 e. The van der Waals surface area contributed by atoms with Crippen LogP contribution in [0.15, 0.2) is 46.0 Å². The summed E-state index contributed by atoms with van der Waals surface area (Å²) in [5, 5.41) is 3.92. The molecule has 0 unspecified atom stereocenters. The third-order valence-electron chi connectivity index (χ3n) is 3.27. The predicted octanol–water partition coefficient (Wildman–Crippen LogP) is 3.60. The van der Waals surface area contributed by atoms with Crippen LogP contribution in [0.2, 0.25) is 0 Å². The van der Waals surface area contributed by atoms with E-state index in [1.807, 2.05) is 50.2 Å². The summed E-state index contributed by atoms with van der Waals surface area (Å²) in [5.74, 6) is 1.12. The van der Waals surface area contributed by atoms with E-state index in [0.29, 0.717) is 5.75 Å². The molecule has 0 atom stereocenters. The second-order valence-corrected chi connectivity index (χ2v) is 6.14. The molecule has 1 amide bonds. The van der Waals surface area contributed by atoms with Crippen LogP contribution < -0.4 is 14.9 Å². The Morgan fingerprint density at radius 3 is 2.62 bits per heavy atom. The number of hydrazone groups is 1. The lowest BCUT2D eigenvalue weighted by Crippen LogP contribution is -2.25. The molecule has 0 aromatic heterocycles. The van der Waals surface area contributed by atoms with Crippen molar-refractivity contribution >= 4 is 28.1 Å². The van der Waals surface area contributed by atoms with Gasteiger partial charge >= 0.3 is 0 Å². The molecular weight excluding hydrogens is 372 g/mol. The van der Waals surface area contributed by atoms with E-state index in [2.05, 4.69) is 26.5 Å². The third kappa shape index (κ3) is 5.09. The number of methoxy groups -OCH3 is 1. The van der Waals surface area contributed by atoms with Crippen molar-refractivity contribution in [2.45, 2.75) is 13.8 Å². The number of carbonyl (C=O) groups is 1. The highest BCUT2D eigenvalue weighted by atomic mass is 79.9. The fraction of sp³-hybridized carbons (Fsp3) is 0.222. The Hall–Kier alpha value is -2.34. The van der Waals surface area contributed by atoms with Crippen molar-refractivity contribution in [2.75, 3.05) is 13.7 Å². The molecule has 5 nitrogen and oxygen atoms in total. The number of hydrogen-bond donors (Lipinski definition) is 1. The number of nitrogens with one attached hydrogen (secondary N) is 1. The quantitative estimate of drug-likeness (QED) is 0.605. The van der Waals surface area contributed by atoms with Crippen LogP contribution in [-0.4, -0.2) is 25.8 Å². The molecule has 6 heteroatoms. The van der Waals surface area contributed by atoms with Gasteiger partial charge in [0.1, 0.15) is 11.5 Å². The first-order valence-corrected chi connectivity index (χ1v) is 8.14. The van der Waals surface area contributed by atoms with Crippen LogP contribution in [-0.2, 0) is 4.79 Å². The molecule has 0 aliphatic heterocycles. The molecule has 2 rings (SSSR count). The van der Waals surface area contributed by atoms with Crippen LogP contribution in [0, 0.1) is 13.8 Å². The molecular formula is C18H19BrN2O3. The van der Waals surface area contributed by atoms with Gasteiger partial charge in [-0.05, 0) is 54.8 Å². The van der Waals surface area contributed by atoms with Crippen LogP contribution in [0.4, 0.5) is 0 Å². The topological polar surface area (TPSA) is 59.9 Å². The van der Waals surface area contributed by atoms with Crippen molar-refractivity contribution in [2.24, 2.45) is 5.10 Å². The average Bonchev–Trinajstić information content (AvgIpc) is 2.54. The minimum absolute atomic E-state index is 0.0984. The number of aryl methyl sites for hydroxylation is 2. The molecule has 2 aromatic carbocycles. The Bertz CT molecular complexity index is 737. The van der Waals surface area contributed by atoms with Gasteiger partial charge in [-0.3, -0.25) is 4.79 Å². The summed E-state index contributed by atoms with van der Waals surface area (Å²) in [4.78, 5) is 11.8. The summed E-state index contributed by atoms with van der Waals surface area (Å²) in [5.41, 5.74) is 5.21. The lowest BCUT2D eigenvalue weighted by molar-refractivity contribution is -0.123. The molecule has 0 saturated heterocycles. The van der Waals surface area contributed by atoms with Gasteiger partial charge in [0.25, 0.3) is 5.91 Å². The van der Waals surface area contributed by atoms with Gasteiger partial charge in [-0.15, -0.1) is 0 Å². The van der Waals surface area contributed by atoms with E-state index in [1.54, 1.807) is 13.3 Å². The second-order valence-electron chi connectivity index (χ2n) is 5.23. The van der Waals surface area contributed by atoms with Gasteiger partial charge in [0.05, 0.1) is 13.3 Å². The van der Waals surface area contributed by atoms with E-state index in [0.717, 1.165) is 26.9 Å². The first-order valence-electron chi connectivity index (χ1n) is 7.35. The van der Waals surface area contributed by atoms with Crippen LogP contribution in [0.3, 0.4) is 0 Å². The van der Waals surface area contributed by atoms with Gasteiger partial charge in [0.15, 0.2) is 6.61 Å². The van der Waals surface area contributed by atoms with E-state index in [-0.39, 0.29) is 12.5 Å². The van der Waals surface area contributed by atoms with E-state index >= 15 is 0 Å². The zero-order chi connectivity index (χ0) is 17.5. The van der Waals surface area contributed by atoms with Crippen LogP contribution in [0.25, 0.3) is 0 Å². The van der Waals surface area contributed by atoms with Crippen LogP contribution in [0.1, 0.15) is 16.7 Å². The maximum atomic E-state index is 11.8. The highest BCUT2D eigenvalue weighted by Gasteiger charge is 2.08. The van der Waals surface area contributed by atoms with Crippen molar-refractivity contribution < 1.29 is 14.3 Å². The molecule has 24 heavy (non-hydrogen) atoms. The molecule has 126 valence electrons. The number of rotatable bonds is 6. The van der Waals surface area contributed by atoms with Gasteiger partial charge in [0, 0.05) is 4.47 Å².